The van der Waals surface area contributed by atoms with Gasteiger partial charge in [0, 0.05) is 16.8 Å². The Kier molecular flexibility index (Phi) is 4.04. The lowest BCUT2D eigenvalue weighted by Crippen LogP contribution is -2.27. The largest absolute Gasteiger partial charge is 0.433 e. The van der Waals surface area contributed by atoms with E-state index in [0.717, 1.165) is 6.07 Å². The molecule has 0 radical (unpaired) electrons. The zero-order valence-electron chi connectivity index (χ0n) is 11.2. The minimum absolute atomic E-state index is 0.163. The maximum Gasteiger partial charge on any atom is 0.433 e. The molecule has 0 aliphatic rings. The quantitative estimate of drug-likeness (QED) is 0.896. The van der Waals surface area contributed by atoms with Crippen molar-refractivity contribution in [3.63, 3.8) is 0 Å². The number of hydrogen-bond donors (Lipinski definition) is 1. The fraction of sp³-hybridized carbons (Fsp3) is 0.357. The summed E-state index contributed by atoms with van der Waals surface area (Å²) < 4.78 is 37.7. The summed E-state index contributed by atoms with van der Waals surface area (Å²) in [5.41, 5.74) is -1.04. The number of rotatable bonds is 4. The van der Waals surface area contributed by atoms with E-state index in [9.17, 15) is 13.2 Å². The molecule has 1 N–H and O–H groups in total. The van der Waals surface area contributed by atoms with Crippen LogP contribution in [0, 0.1) is 0 Å². The predicted octanol–water partition coefficient (Wildman–Crippen LogP) is 4.55. The van der Waals surface area contributed by atoms with Crippen LogP contribution in [0.3, 0.4) is 0 Å². The van der Waals surface area contributed by atoms with E-state index in [1.165, 1.54) is 10.9 Å². The zero-order chi connectivity index (χ0) is 14.8. The second-order valence-corrected chi connectivity index (χ2v) is 6.07. The van der Waals surface area contributed by atoms with Gasteiger partial charge in [-0.2, -0.15) is 13.2 Å². The molecule has 108 valence electrons. The number of pyridine rings is 1. The van der Waals surface area contributed by atoms with E-state index < -0.39 is 11.9 Å². The van der Waals surface area contributed by atoms with Crippen molar-refractivity contribution in [3.8, 4) is 0 Å². The number of halogens is 3. The summed E-state index contributed by atoms with van der Waals surface area (Å²) in [6.45, 7) is 4.60. The molecule has 2 rings (SSSR count). The molecule has 2 heterocycles. The number of alkyl halides is 3. The van der Waals surface area contributed by atoms with Crippen LogP contribution in [0.4, 0.5) is 19.0 Å². The van der Waals surface area contributed by atoms with Crippen LogP contribution in [0.25, 0.3) is 0 Å². The third kappa shape index (κ3) is 3.50. The molecule has 2 aromatic heterocycles. The summed E-state index contributed by atoms with van der Waals surface area (Å²) in [6, 6.07) is 7.85. The first-order valence-corrected chi connectivity index (χ1v) is 6.99. The Morgan fingerprint density at radius 2 is 1.90 bits per heavy atom. The number of thiophene rings is 1. The van der Waals surface area contributed by atoms with Crippen molar-refractivity contribution >= 4 is 17.2 Å². The minimum Gasteiger partial charge on any atom is -0.369 e. The minimum atomic E-state index is -4.42. The molecule has 0 aliphatic carbocycles. The van der Waals surface area contributed by atoms with Gasteiger partial charge in [0.2, 0.25) is 0 Å². The van der Waals surface area contributed by atoms with Gasteiger partial charge < -0.3 is 5.32 Å². The van der Waals surface area contributed by atoms with Crippen LogP contribution in [-0.2, 0) is 11.6 Å². The first-order valence-electron chi connectivity index (χ1n) is 6.11. The maximum atomic E-state index is 12.6. The highest BCUT2D eigenvalue weighted by atomic mass is 32.1. The van der Waals surface area contributed by atoms with Crippen LogP contribution in [0.5, 0.6) is 0 Å². The number of nitrogens with one attached hydrogen (secondary N) is 1. The van der Waals surface area contributed by atoms with E-state index in [4.69, 9.17) is 0 Å². The lowest BCUT2D eigenvalue weighted by Gasteiger charge is -2.24. The summed E-state index contributed by atoms with van der Waals surface area (Å²) in [7, 11) is 0. The van der Waals surface area contributed by atoms with Gasteiger partial charge >= 0.3 is 6.18 Å². The molecule has 0 unspecified atom stereocenters. The third-order valence-corrected chi connectivity index (χ3v) is 4.18. The fourth-order valence-electron chi connectivity index (χ4n) is 1.75. The van der Waals surface area contributed by atoms with Crippen molar-refractivity contribution in [1.29, 1.82) is 0 Å². The van der Waals surface area contributed by atoms with Gasteiger partial charge in [-0.3, -0.25) is 0 Å². The molecule has 2 aromatic rings. The molecule has 20 heavy (non-hydrogen) atoms. The lowest BCUT2D eigenvalue weighted by atomic mass is 9.91. The van der Waals surface area contributed by atoms with Crippen LogP contribution >= 0.6 is 11.3 Å². The van der Waals surface area contributed by atoms with Gasteiger partial charge in [0.1, 0.15) is 11.5 Å². The average molecular weight is 300 g/mol. The van der Waals surface area contributed by atoms with E-state index in [0.29, 0.717) is 6.54 Å². The van der Waals surface area contributed by atoms with E-state index >= 15 is 0 Å². The number of nitrogens with zero attached hydrogens (tertiary/aromatic N) is 1. The Balaban J connectivity index is 2.08. The highest BCUT2D eigenvalue weighted by molar-refractivity contribution is 7.10. The van der Waals surface area contributed by atoms with E-state index in [1.807, 2.05) is 31.4 Å². The first kappa shape index (κ1) is 14.8. The molecule has 0 bridgehead atoms. The Morgan fingerprint density at radius 3 is 2.50 bits per heavy atom. The van der Waals surface area contributed by atoms with Gasteiger partial charge in [-0.05, 0) is 23.6 Å². The Bertz CT molecular complexity index is 562. The summed E-state index contributed by atoms with van der Waals surface area (Å²) in [5, 5.41) is 4.97. The monoisotopic (exact) mass is 300 g/mol. The molecule has 2 nitrogen and oxygen atoms in total. The van der Waals surface area contributed by atoms with Crippen LogP contribution in [0.15, 0.2) is 35.7 Å². The first-order chi connectivity index (χ1) is 9.29. The Labute approximate surface area is 119 Å². The normalized spacial score (nSPS) is 12.4. The van der Waals surface area contributed by atoms with Crippen molar-refractivity contribution < 1.29 is 13.2 Å². The Morgan fingerprint density at radius 1 is 1.15 bits per heavy atom. The molecule has 0 fully saturated rings. The summed E-state index contributed by atoms with van der Waals surface area (Å²) >= 11 is 1.63. The highest BCUT2D eigenvalue weighted by Gasteiger charge is 2.32. The molecule has 0 saturated heterocycles. The van der Waals surface area contributed by atoms with Crippen molar-refractivity contribution in [1.82, 2.24) is 4.98 Å². The maximum absolute atomic E-state index is 12.6. The topological polar surface area (TPSA) is 24.9 Å². The van der Waals surface area contributed by atoms with Gasteiger partial charge in [0.15, 0.2) is 0 Å². The predicted molar refractivity (Wildman–Crippen MR) is 75.1 cm³/mol. The molecule has 0 atom stereocenters. The van der Waals surface area contributed by atoms with Crippen molar-refractivity contribution in [2.75, 3.05) is 11.9 Å². The van der Waals surface area contributed by atoms with E-state index in [2.05, 4.69) is 10.3 Å². The second-order valence-electron chi connectivity index (χ2n) is 5.12. The molecule has 6 heteroatoms. The van der Waals surface area contributed by atoms with Crippen LogP contribution in [-0.4, -0.2) is 11.5 Å². The van der Waals surface area contributed by atoms with Crippen LogP contribution in [0.2, 0.25) is 0 Å². The SMILES string of the molecule is CC(C)(CNc1cccc(C(F)(F)F)n1)c1cccs1. The van der Waals surface area contributed by atoms with E-state index in [1.54, 1.807) is 17.4 Å². The van der Waals surface area contributed by atoms with Crippen LogP contribution < -0.4 is 5.32 Å². The molecular weight excluding hydrogens is 285 g/mol. The number of anilines is 1. The van der Waals surface area contributed by atoms with E-state index in [-0.39, 0.29) is 11.2 Å². The van der Waals surface area contributed by atoms with Crippen molar-refractivity contribution in [3.05, 3.63) is 46.3 Å². The summed E-state index contributed by atoms with van der Waals surface area (Å²) in [6.07, 6.45) is -4.42. The second kappa shape index (κ2) is 5.44. The Hall–Kier alpha value is -1.56. The summed E-state index contributed by atoms with van der Waals surface area (Å²) in [5.74, 6) is 0.240. The average Bonchev–Trinajstić information content (AvgIpc) is 2.90. The smallest absolute Gasteiger partial charge is 0.369 e. The lowest BCUT2D eigenvalue weighted by molar-refractivity contribution is -0.141. The van der Waals surface area contributed by atoms with Crippen LogP contribution in [0.1, 0.15) is 24.4 Å². The fourth-order valence-corrected chi connectivity index (χ4v) is 2.61. The molecule has 0 aromatic carbocycles. The number of hydrogen-bond acceptors (Lipinski definition) is 3. The molecular formula is C14H15F3N2S. The van der Waals surface area contributed by atoms with Crippen molar-refractivity contribution in [2.45, 2.75) is 25.4 Å². The molecule has 0 aliphatic heterocycles. The van der Waals surface area contributed by atoms with Gasteiger partial charge in [-0.25, -0.2) is 4.98 Å². The third-order valence-electron chi connectivity index (χ3n) is 2.94. The van der Waals surface area contributed by atoms with Gasteiger partial charge in [-0.15, -0.1) is 11.3 Å². The van der Waals surface area contributed by atoms with Gasteiger partial charge in [-0.1, -0.05) is 26.0 Å². The molecule has 0 saturated carbocycles. The zero-order valence-corrected chi connectivity index (χ0v) is 12.0. The summed E-state index contributed by atoms with van der Waals surface area (Å²) in [4.78, 5) is 4.77. The standard InChI is InChI=1S/C14H15F3N2S/c1-13(2,11-6-4-8-20-11)9-18-12-7-3-5-10(19-12)14(15,16)17/h3-8H,9H2,1-2H3,(H,18,19). The van der Waals surface area contributed by atoms with Crippen molar-refractivity contribution in [2.24, 2.45) is 0 Å². The van der Waals surface area contributed by atoms with Gasteiger partial charge in [0.25, 0.3) is 0 Å². The molecule has 0 spiro atoms. The van der Waals surface area contributed by atoms with Gasteiger partial charge in [0.05, 0.1) is 0 Å². The highest BCUT2D eigenvalue weighted by Crippen LogP contribution is 2.30. The molecule has 0 amide bonds. The number of aromatic nitrogens is 1.